The molecule has 8 nitrogen and oxygen atoms in total. The van der Waals surface area contributed by atoms with Crippen LogP contribution in [0.25, 0.3) is 0 Å². The van der Waals surface area contributed by atoms with Gasteiger partial charge in [0.1, 0.15) is 0 Å². The van der Waals surface area contributed by atoms with Crippen LogP contribution in [0, 0.1) is 0 Å². The highest BCUT2D eigenvalue weighted by atomic mass is 35.5. The van der Waals surface area contributed by atoms with E-state index in [0.29, 0.717) is 43.1 Å². The molecule has 238 valence electrons. The Morgan fingerprint density at radius 3 is 2.45 bits per heavy atom. The summed E-state index contributed by atoms with van der Waals surface area (Å²) < 4.78 is 23.2. The van der Waals surface area contributed by atoms with E-state index in [9.17, 15) is 19.0 Å². The maximum atomic E-state index is 13.8. The van der Waals surface area contributed by atoms with Crippen molar-refractivity contribution in [3.8, 4) is 0 Å². The number of carbonyl (C=O) groups is 1. The number of β-amino-alcohol motifs (C(OH)–C–C–N with tert-alkyl or cyclic N) is 1. The number of halogens is 1. The zero-order chi connectivity index (χ0) is 31.2. The van der Waals surface area contributed by atoms with Gasteiger partial charge in [-0.3, -0.25) is 18.2 Å². The van der Waals surface area contributed by atoms with Gasteiger partial charge in [0.25, 0.3) is 5.91 Å². The molecule has 2 atom stereocenters. The molecule has 1 saturated heterocycles. The molecule has 1 amide bonds. The quantitative estimate of drug-likeness (QED) is 0.126. The average Bonchev–Trinajstić information content (AvgIpc) is 2.98. The highest BCUT2D eigenvalue weighted by molar-refractivity contribution is 8.25. The Hall–Kier alpha value is -2.79. The van der Waals surface area contributed by atoms with Crippen LogP contribution in [-0.2, 0) is 12.8 Å². The van der Waals surface area contributed by atoms with Crippen LogP contribution in [-0.4, -0.2) is 63.2 Å². The fraction of sp³-hybridized carbons (Fsp3) is 0.441. The van der Waals surface area contributed by atoms with E-state index in [1.165, 1.54) is 0 Å². The van der Waals surface area contributed by atoms with Gasteiger partial charge in [-0.1, -0.05) is 54.1 Å². The first kappa shape index (κ1) is 32.6. The number of hydrogen-bond acceptors (Lipinski definition) is 7. The molecule has 0 bridgehead atoms. The summed E-state index contributed by atoms with van der Waals surface area (Å²) in [6.07, 6.45) is 5.19. The summed E-state index contributed by atoms with van der Waals surface area (Å²) in [6, 6.07) is 22.6. The van der Waals surface area contributed by atoms with Crippen LogP contribution in [0.5, 0.6) is 0 Å². The van der Waals surface area contributed by atoms with Crippen molar-refractivity contribution in [3.05, 3.63) is 94.5 Å². The first-order chi connectivity index (χ1) is 21.2. The molecule has 0 spiro atoms. The number of nitrogens with zero attached hydrogens (tertiary/aromatic N) is 1. The lowest BCUT2D eigenvalue weighted by Gasteiger charge is -2.47. The van der Waals surface area contributed by atoms with Crippen molar-refractivity contribution in [2.24, 2.45) is 0 Å². The van der Waals surface area contributed by atoms with Gasteiger partial charge < -0.3 is 21.1 Å². The molecule has 0 aromatic heterocycles. The summed E-state index contributed by atoms with van der Waals surface area (Å²) in [7, 11) is -2.95. The zero-order valence-electron chi connectivity index (χ0n) is 25.3. The van der Waals surface area contributed by atoms with Crippen molar-refractivity contribution in [2.75, 3.05) is 35.0 Å². The third-order valence-electron chi connectivity index (χ3n) is 8.74. The minimum Gasteiger partial charge on any atom is -0.390 e. The number of rotatable bonds is 13. The Bertz CT molecular complexity index is 1410. The molecule has 1 aliphatic carbocycles. The van der Waals surface area contributed by atoms with Crippen molar-refractivity contribution in [3.63, 3.8) is 0 Å². The van der Waals surface area contributed by atoms with Gasteiger partial charge in [0.15, 0.2) is 0 Å². The van der Waals surface area contributed by atoms with Crippen LogP contribution in [0.4, 0.5) is 11.4 Å². The lowest BCUT2D eigenvalue weighted by atomic mass is 9.72. The molecule has 3 aromatic carbocycles. The summed E-state index contributed by atoms with van der Waals surface area (Å²) in [5.41, 5.74) is 3.79. The molecule has 6 N–H and O–H groups in total. The summed E-state index contributed by atoms with van der Waals surface area (Å²) >= 11 is 6.24. The number of aliphatic hydroxyl groups excluding tert-OH is 1. The van der Waals surface area contributed by atoms with Gasteiger partial charge >= 0.3 is 0 Å². The van der Waals surface area contributed by atoms with Crippen LogP contribution in [0.2, 0.25) is 5.02 Å². The smallest absolute Gasteiger partial charge is 0.251 e. The van der Waals surface area contributed by atoms with Crippen LogP contribution in [0.3, 0.4) is 0 Å². The molecule has 2 aliphatic rings. The number of amides is 1. The Morgan fingerprint density at radius 1 is 1.00 bits per heavy atom. The Morgan fingerprint density at radius 2 is 1.77 bits per heavy atom. The minimum atomic E-state index is -2.95. The van der Waals surface area contributed by atoms with E-state index in [2.05, 4.69) is 22.0 Å². The van der Waals surface area contributed by atoms with Gasteiger partial charge in [0, 0.05) is 41.4 Å². The summed E-state index contributed by atoms with van der Waals surface area (Å²) in [6.45, 7) is 3.47. The zero-order valence-corrected chi connectivity index (χ0v) is 26.9. The molecule has 10 heteroatoms. The minimum absolute atomic E-state index is 0.111. The van der Waals surface area contributed by atoms with Crippen molar-refractivity contribution in [1.82, 2.24) is 10.6 Å². The van der Waals surface area contributed by atoms with E-state index >= 15 is 0 Å². The number of carbonyl (C=O) groups excluding carboxylic acids is 1. The number of hydrogen-bond donors (Lipinski definition) is 6. The fourth-order valence-electron chi connectivity index (χ4n) is 6.22. The van der Waals surface area contributed by atoms with Crippen LogP contribution < -0.4 is 20.3 Å². The Balaban J connectivity index is 1.34. The highest BCUT2D eigenvalue weighted by Crippen LogP contribution is 2.50. The lowest BCUT2D eigenvalue weighted by Crippen LogP contribution is -2.57. The largest absolute Gasteiger partial charge is 0.390 e. The van der Waals surface area contributed by atoms with Gasteiger partial charge in [0.2, 0.25) is 0 Å². The molecule has 44 heavy (non-hydrogen) atoms. The van der Waals surface area contributed by atoms with Gasteiger partial charge in [-0.15, -0.1) is 10.8 Å². The van der Waals surface area contributed by atoms with Crippen molar-refractivity contribution in [2.45, 2.75) is 69.6 Å². The second-order valence-electron chi connectivity index (χ2n) is 12.1. The normalized spacial score (nSPS) is 19.3. The number of benzene rings is 3. The van der Waals surface area contributed by atoms with E-state index in [-0.39, 0.29) is 11.4 Å². The van der Waals surface area contributed by atoms with Crippen molar-refractivity contribution >= 4 is 39.7 Å². The monoisotopic (exact) mass is 640 g/mol. The summed E-state index contributed by atoms with van der Waals surface area (Å²) in [5.74, 6) is -0.00587. The van der Waals surface area contributed by atoms with Crippen LogP contribution >= 0.6 is 22.4 Å². The summed E-state index contributed by atoms with van der Waals surface area (Å²) in [4.78, 5) is 13.8. The molecule has 2 fully saturated rings. The SMILES string of the molecule is CCNc1cc(C(=O)N[C@@H](Cc2ccccc2)[C@H](O)CNC2(Cc3cccc(Cl)c3)CCC2)cc(N2CCCCS2(O)O)c1. The predicted octanol–water partition coefficient (Wildman–Crippen LogP) is 6.49. The molecule has 3 aromatic rings. The highest BCUT2D eigenvalue weighted by Gasteiger charge is 2.38. The van der Waals surface area contributed by atoms with Crippen LogP contribution in [0.15, 0.2) is 72.8 Å². The van der Waals surface area contributed by atoms with E-state index in [4.69, 9.17) is 11.6 Å². The van der Waals surface area contributed by atoms with E-state index < -0.39 is 22.9 Å². The second kappa shape index (κ2) is 14.5. The standard InChI is InChI=1S/C34H45ClN4O4S/c1-2-36-29-20-27(21-30(22-29)39-16-6-7-17-44(39,42)43)33(41)38-31(19-25-10-4-3-5-11-25)32(40)24-37-34(14-9-15-34)23-26-12-8-13-28(35)18-26/h3-5,8,10-13,18,20-22,31-32,36-37,40,42-43H,2,6-7,9,14-17,19,23-24H2,1H3,(H,38,41)/t31-,32+/m0/s1. The first-order valence-corrected chi connectivity index (χ1v) is 17.7. The number of nitrogens with one attached hydrogen (secondary N) is 3. The molecule has 0 radical (unpaired) electrons. The molecule has 1 saturated carbocycles. The van der Waals surface area contributed by atoms with Gasteiger partial charge in [-0.05, 0) is 93.3 Å². The second-order valence-corrected chi connectivity index (χ2v) is 14.7. The van der Waals surface area contributed by atoms with Gasteiger partial charge in [-0.25, -0.2) is 0 Å². The van der Waals surface area contributed by atoms with Crippen molar-refractivity contribution in [1.29, 1.82) is 0 Å². The van der Waals surface area contributed by atoms with Gasteiger partial charge in [0.05, 0.1) is 23.6 Å². The van der Waals surface area contributed by atoms with E-state index in [1.54, 1.807) is 16.4 Å². The van der Waals surface area contributed by atoms with Crippen LogP contribution in [0.1, 0.15) is 60.5 Å². The topological polar surface area (TPSA) is 117 Å². The van der Waals surface area contributed by atoms with Crippen molar-refractivity contribution < 1.29 is 19.0 Å². The molecule has 1 aliphatic heterocycles. The van der Waals surface area contributed by atoms with E-state index in [0.717, 1.165) is 60.4 Å². The molecular formula is C34H45ClN4O4S. The van der Waals surface area contributed by atoms with E-state index in [1.807, 2.05) is 61.5 Å². The number of anilines is 2. The first-order valence-electron chi connectivity index (χ1n) is 15.6. The average molecular weight is 641 g/mol. The predicted molar refractivity (Wildman–Crippen MR) is 182 cm³/mol. The Kier molecular flexibility index (Phi) is 10.8. The molecular weight excluding hydrogens is 596 g/mol. The third-order valence-corrected chi connectivity index (χ3v) is 10.9. The Labute approximate surface area is 267 Å². The fourth-order valence-corrected chi connectivity index (χ4v) is 8.11. The maximum Gasteiger partial charge on any atom is 0.251 e. The molecule has 5 rings (SSSR count). The molecule has 0 unspecified atom stereocenters. The third kappa shape index (κ3) is 8.27. The van der Waals surface area contributed by atoms with Gasteiger partial charge in [-0.2, -0.15) is 0 Å². The molecule has 1 heterocycles. The summed E-state index contributed by atoms with van der Waals surface area (Å²) in [5, 5.41) is 22.3. The lowest BCUT2D eigenvalue weighted by molar-refractivity contribution is 0.0760. The maximum absolute atomic E-state index is 13.8. The number of aliphatic hydroxyl groups is 1.